The summed E-state index contributed by atoms with van der Waals surface area (Å²) in [7, 11) is -3.28. The number of nitrogens with zero attached hydrogens (tertiary/aromatic N) is 4. The van der Waals surface area contributed by atoms with Gasteiger partial charge >= 0.3 is 0 Å². The molecule has 0 radical (unpaired) electrons. The number of hydrogen-bond donors (Lipinski definition) is 0. The largest absolute Gasteiger partial charge is 0.261 e. The Labute approximate surface area is 204 Å². The Bertz CT molecular complexity index is 1350. The fourth-order valence-corrected chi connectivity index (χ4v) is 4.18. The lowest BCUT2D eigenvalue weighted by atomic mass is 9.97. The number of benzene rings is 2. The minimum atomic E-state index is -3.28. The van der Waals surface area contributed by atoms with Gasteiger partial charge in [-0.15, -0.1) is 12.4 Å². The van der Waals surface area contributed by atoms with Crippen LogP contribution in [0.2, 0.25) is 0 Å². The molecule has 9 heteroatoms. The summed E-state index contributed by atoms with van der Waals surface area (Å²) >= 11 is 0. The SMILES string of the molecule is C[C@H](Cc1nc(Cc2cnccn2)cc(-c2ccc(S(C)(=O)=O)cc2)n1)c1ccc(F)cc1.Cl. The van der Waals surface area contributed by atoms with Gasteiger partial charge in [-0.1, -0.05) is 31.2 Å². The topological polar surface area (TPSA) is 85.7 Å². The lowest BCUT2D eigenvalue weighted by Crippen LogP contribution is -2.07. The van der Waals surface area contributed by atoms with Crippen molar-refractivity contribution in [1.82, 2.24) is 19.9 Å². The molecule has 0 saturated heterocycles. The van der Waals surface area contributed by atoms with E-state index in [0.717, 1.165) is 22.5 Å². The van der Waals surface area contributed by atoms with Crippen LogP contribution in [-0.2, 0) is 22.7 Å². The maximum absolute atomic E-state index is 13.3. The van der Waals surface area contributed by atoms with Crippen molar-refractivity contribution in [1.29, 1.82) is 0 Å². The molecule has 2 aromatic carbocycles. The summed E-state index contributed by atoms with van der Waals surface area (Å²) in [6.07, 6.45) is 7.19. The Morgan fingerprint density at radius 1 is 0.941 bits per heavy atom. The quantitative estimate of drug-likeness (QED) is 0.362. The maximum atomic E-state index is 13.3. The van der Waals surface area contributed by atoms with Crippen LogP contribution in [0.25, 0.3) is 11.3 Å². The Morgan fingerprint density at radius 3 is 2.26 bits per heavy atom. The second-order valence-electron chi connectivity index (χ2n) is 7.99. The van der Waals surface area contributed by atoms with E-state index in [1.165, 1.54) is 18.4 Å². The standard InChI is InChI=1S/C25H23FN4O2S.ClH/c1-17(18-3-7-20(26)8-4-18)13-25-29-21(14-22-16-27-11-12-28-22)15-24(30-25)19-5-9-23(10-6-19)33(2,31)32;/h3-12,15-17H,13-14H2,1-2H3;1H/t17-;/m1./s1. The van der Waals surface area contributed by atoms with Crippen LogP contribution in [0.1, 0.15) is 35.6 Å². The molecule has 0 aliphatic rings. The van der Waals surface area contributed by atoms with Gasteiger partial charge in [0.2, 0.25) is 0 Å². The molecular weight excluding hydrogens is 475 g/mol. The van der Waals surface area contributed by atoms with E-state index in [0.29, 0.717) is 24.4 Å². The van der Waals surface area contributed by atoms with Crippen molar-refractivity contribution in [2.45, 2.75) is 30.6 Å². The van der Waals surface area contributed by atoms with Crippen LogP contribution in [0, 0.1) is 5.82 Å². The lowest BCUT2D eigenvalue weighted by Gasteiger charge is -2.13. The average Bonchev–Trinajstić information content (AvgIpc) is 2.79. The van der Waals surface area contributed by atoms with Crippen LogP contribution in [0.4, 0.5) is 4.39 Å². The van der Waals surface area contributed by atoms with E-state index < -0.39 is 9.84 Å². The molecule has 176 valence electrons. The summed E-state index contributed by atoms with van der Waals surface area (Å²) in [6, 6.07) is 15.0. The smallest absolute Gasteiger partial charge is 0.175 e. The third-order valence-electron chi connectivity index (χ3n) is 5.31. The first kappa shape index (κ1) is 25.4. The minimum Gasteiger partial charge on any atom is -0.261 e. The molecule has 0 amide bonds. The molecule has 4 aromatic rings. The molecule has 1 atom stereocenters. The van der Waals surface area contributed by atoms with Crippen molar-refractivity contribution < 1.29 is 12.8 Å². The fourth-order valence-electron chi connectivity index (χ4n) is 3.54. The van der Waals surface area contributed by atoms with E-state index in [-0.39, 0.29) is 29.0 Å². The third kappa shape index (κ3) is 6.42. The highest BCUT2D eigenvalue weighted by molar-refractivity contribution is 7.90. The second kappa shape index (κ2) is 10.8. The van der Waals surface area contributed by atoms with Crippen LogP contribution >= 0.6 is 12.4 Å². The molecule has 2 aromatic heterocycles. The van der Waals surface area contributed by atoms with Gasteiger partial charge in [-0.05, 0) is 41.8 Å². The molecule has 0 spiro atoms. The zero-order valence-electron chi connectivity index (χ0n) is 18.7. The first-order valence-electron chi connectivity index (χ1n) is 10.5. The number of rotatable bonds is 7. The van der Waals surface area contributed by atoms with Crippen molar-refractivity contribution in [3.8, 4) is 11.3 Å². The molecule has 2 heterocycles. The summed E-state index contributed by atoms with van der Waals surface area (Å²) in [6.45, 7) is 2.05. The van der Waals surface area contributed by atoms with E-state index in [9.17, 15) is 12.8 Å². The molecule has 34 heavy (non-hydrogen) atoms. The highest BCUT2D eigenvalue weighted by Crippen LogP contribution is 2.24. The van der Waals surface area contributed by atoms with Crippen LogP contribution in [0.5, 0.6) is 0 Å². The molecule has 0 aliphatic heterocycles. The maximum Gasteiger partial charge on any atom is 0.175 e. The number of hydrogen-bond acceptors (Lipinski definition) is 6. The normalized spacial score (nSPS) is 12.1. The highest BCUT2D eigenvalue weighted by atomic mass is 35.5. The predicted molar refractivity (Wildman–Crippen MR) is 131 cm³/mol. The minimum absolute atomic E-state index is 0. The molecule has 0 fully saturated rings. The van der Waals surface area contributed by atoms with Crippen molar-refractivity contribution in [3.05, 3.63) is 102 Å². The van der Waals surface area contributed by atoms with Gasteiger partial charge in [0.05, 0.1) is 22.0 Å². The predicted octanol–water partition coefficient (Wildman–Crippen LogP) is 4.84. The van der Waals surface area contributed by atoms with Gasteiger partial charge in [-0.3, -0.25) is 9.97 Å². The van der Waals surface area contributed by atoms with E-state index in [4.69, 9.17) is 9.97 Å². The van der Waals surface area contributed by atoms with Gasteiger partial charge in [-0.25, -0.2) is 22.8 Å². The summed E-state index contributed by atoms with van der Waals surface area (Å²) in [5, 5.41) is 0. The van der Waals surface area contributed by atoms with Crippen molar-refractivity contribution >= 4 is 22.2 Å². The summed E-state index contributed by atoms with van der Waals surface area (Å²) in [5.74, 6) is 0.459. The van der Waals surface area contributed by atoms with Crippen LogP contribution in [0.3, 0.4) is 0 Å². The highest BCUT2D eigenvalue weighted by Gasteiger charge is 2.14. The molecule has 6 nitrogen and oxygen atoms in total. The molecule has 0 saturated carbocycles. The fraction of sp³-hybridized carbons (Fsp3) is 0.200. The Hall–Kier alpha value is -3.23. The molecular formula is C25H24ClFN4O2S. The van der Waals surface area contributed by atoms with Crippen LogP contribution < -0.4 is 0 Å². The van der Waals surface area contributed by atoms with Gasteiger partial charge in [0, 0.05) is 43.3 Å². The third-order valence-corrected chi connectivity index (χ3v) is 6.44. The summed E-state index contributed by atoms with van der Waals surface area (Å²) in [4.78, 5) is 18.2. The molecule has 4 rings (SSSR count). The summed E-state index contributed by atoms with van der Waals surface area (Å²) in [5.41, 5.74) is 4.06. The first-order valence-corrected chi connectivity index (χ1v) is 12.3. The Morgan fingerprint density at radius 2 is 1.65 bits per heavy atom. The zero-order chi connectivity index (χ0) is 23.4. The van der Waals surface area contributed by atoms with Crippen LogP contribution in [0.15, 0.2) is 78.1 Å². The van der Waals surface area contributed by atoms with Crippen molar-refractivity contribution in [2.24, 2.45) is 0 Å². The molecule has 0 unspecified atom stereocenters. The lowest BCUT2D eigenvalue weighted by molar-refractivity contribution is 0.602. The summed E-state index contributed by atoms with van der Waals surface area (Å²) < 4.78 is 36.9. The van der Waals surface area contributed by atoms with Gasteiger partial charge in [0.15, 0.2) is 9.84 Å². The average molecular weight is 499 g/mol. The molecule has 0 N–H and O–H groups in total. The van der Waals surface area contributed by atoms with Gasteiger partial charge in [-0.2, -0.15) is 0 Å². The van der Waals surface area contributed by atoms with E-state index in [2.05, 4.69) is 9.97 Å². The Balaban J connectivity index is 0.00000324. The molecule has 0 aliphatic carbocycles. The van der Waals surface area contributed by atoms with Crippen molar-refractivity contribution in [2.75, 3.05) is 6.26 Å². The van der Waals surface area contributed by atoms with E-state index >= 15 is 0 Å². The second-order valence-corrected chi connectivity index (χ2v) is 10.0. The van der Waals surface area contributed by atoms with Crippen molar-refractivity contribution in [3.63, 3.8) is 0 Å². The Kier molecular flexibility index (Phi) is 8.06. The number of aromatic nitrogens is 4. The number of halogens is 2. The van der Waals surface area contributed by atoms with Gasteiger partial charge < -0.3 is 0 Å². The number of sulfone groups is 1. The van der Waals surface area contributed by atoms with E-state index in [1.54, 1.807) is 55.0 Å². The van der Waals surface area contributed by atoms with Crippen LogP contribution in [-0.4, -0.2) is 34.6 Å². The zero-order valence-corrected chi connectivity index (χ0v) is 20.4. The van der Waals surface area contributed by atoms with E-state index in [1.807, 2.05) is 13.0 Å². The van der Waals surface area contributed by atoms with Gasteiger partial charge in [0.1, 0.15) is 11.6 Å². The first-order chi connectivity index (χ1) is 15.8. The molecule has 0 bridgehead atoms. The monoisotopic (exact) mass is 498 g/mol. The van der Waals surface area contributed by atoms with Gasteiger partial charge in [0.25, 0.3) is 0 Å².